The fourth-order valence-electron chi connectivity index (χ4n) is 4.04. The van der Waals surface area contributed by atoms with Crippen LogP contribution in [0.5, 0.6) is 0 Å². The molecule has 0 aromatic heterocycles. The molecule has 0 spiro atoms. The van der Waals surface area contributed by atoms with Gasteiger partial charge in [-0.15, -0.1) is 0 Å². The lowest BCUT2D eigenvalue weighted by Crippen LogP contribution is -2.54. The summed E-state index contributed by atoms with van der Waals surface area (Å²) in [6.45, 7) is 3.66. The number of piperidine rings is 1. The minimum atomic E-state index is -0.976. The molecule has 184 valence electrons. The molecule has 2 aliphatic heterocycles. The van der Waals surface area contributed by atoms with Gasteiger partial charge in [-0.1, -0.05) is 32.3 Å². The molecule has 0 saturated carbocycles. The molecule has 1 unspecified atom stereocenters. The summed E-state index contributed by atoms with van der Waals surface area (Å²) >= 11 is 0. The Hall–Kier alpha value is -3.43. The number of hydrogen-bond acceptors (Lipinski definition) is 7. The molecule has 10 nitrogen and oxygen atoms in total. The number of imide groups is 2. The number of ether oxygens (including phenoxy) is 1. The minimum absolute atomic E-state index is 0.0878. The topological polar surface area (TPSA) is 134 Å². The number of amides is 5. The van der Waals surface area contributed by atoms with Gasteiger partial charge in [0, 0.05) is 25.2 Å². The van der Waals surface area contributed by atoms with E-state index in [-0.39, 0.29) is 30.1 Å². The normalized spacial score (nSPS) is 17.4. The van der Waals surface area contributed by atoms with E-state index in [1.807, 2.05) is 6.92 Å². The maximum absolute atomic E-state index is 13.1. The van der Waals surface area contributed by atoms with Crippen LogP contribution < -0.4 is 16.0 Å². The highest BCUT2D eigenvalue weighted by molar-refractivity contribution is 6.25. The van der Waals surface area contributed by atoms with Gasteiger partial charge in [-0.05, 0) is 37.8 Å². The summed E-state index contributed by atoms with van der Waals surface area (Å²) in [5.41, 5.74) is 1.08. The number of benzene rings is 1. The first kappa shape index (κ1) is 25.2. The van der Waals surface area contributed by atoms with E-state index >= 15 is 0 Å². The number of hydrogen-bond donors (Lipinski definition) is 3. The van der Waals surface area contributed by atoms with Crippen LogP contribution in [0.25, 0.3) is 0 Å². The fourth-order valence-corrected chi connectivity index (χ4v) is 4.04. The summed E-state index contributed by atoms with van der Waals surface area (Å²) in [6.07, 6.45) is 5.25. The van der Waals surface area contributed by atoms with Crippen LogP contribution in [-0.4, -0.2) is 60.4 Å². The third kappa shape index (κ3) is 6.12. The number of rotatable bonds is 12. The lowest BCUT2D eigenvalue weighted by Gasteiger charge is -2.27. The van der Waals surface area contributed by atoms with Gasteiger partial charge in [0.2, 0.25) is 11.8 Å². The van der Waals surface area contributed by atoms with Crippen molar-refractivity contribution in [3.63, 3.8) is 0 Å². The quantitative estimate of drug-likeness (QED) is 0.314. The molecule has 5 amide bonds. The van der Waals surface area contributed by atoms with E-state index in [9.17, 15) is 24.0 Å². The highest BCUT2D eigenvalue weighted by Gasteiger charge is 2.45. The molecule has 3 rings (SSSR count). The summed E-state index contributed by atoms with van der Waals surface area (Å²) in [6, 6.07) is 4.04. The number of carbonyl (C=O) groups excluding carboxylic acids is 5. The number of carbonyl (C=O) groups is 5. The Morgan fingerprint density at radius 1 is 1.06 bits per heavy atom. The monoisotopic (exact) mass is 472 g/mol. The van der Waals surface area contributed by atoms with E-state index in [0.717, 1.165) is 43.4 Å². The molecule has 1 fully saturated rings. The van der Waals surface area contributed by atoms with Crippen molar-refractivity contribution in [2.24, 2.45) is 0 Å². The molecule has 0 bridgehead atoms. The Balaban J connectivity index is 1.43. The van der Waals surface area contributed by atoms with Gasteiger partial charge in [-0.25, -0.2) is 4.79 Å². The zero-order chi connectivity index (χ0) is 24.5. The van der Waals surface area contributed by atoms with Crippen molar-refractivity contribution in [1.29, 1.82) is 0 Å². The van der Waals surface area contributed by atoms with Crippen LogP contribution in [-0.2, 0) is 14.3 Å². The van der Waals surface area contributed by atoms with Crippen molar-refractivity contribution in [2.75, 3.05) is 25.0 Å². The van der Waals surface area contributed by atoms with Crippen molar-refractivity contribution >= 4 is 35.4 Å². The van der Waals surface area contributed by atoms with Gasteiger partial charge in [0.15, 0.2) is 0 Å². The maximum atomic E-state index is 13.1. The Bertz CT molecular complexity index is 947. The molecule has 1 atom stereocenters. The molecule has 2 aliphatic rings. The third-order valence-electron chi connectivity index (χ3n) is 5.89. The molecule has 34 heavy (non-hydrogen) atoms. The van der Waals surface area contributed by atoms with Crippen molar-refractivity contribution in [1.82, 2.24) is 15.5 Å². The van der Waals surface area contributed by atoms with Crippen LogP contribution in [0.15, 0.2) is 18.2 Å². The van der Waals surface area contributed by atoms with E-state index in [0.29, 0.717) is 25.4 Å². The third-order valence-corrected chi connectivity index (χ3v) is 5.89. The van der Waals surface area contributed by atoms with Crippen LogP contribution in [0.4, 0.5) is 10.5 Å². The van der Waals surface area contributed by atoms with Gasteiger partial charge in [0.1, 0.15) is 6.04 Å². The lowest BCUT2D eigenvalue weighted by atomic mass is 10.0. The second kappa shape index (κ2) is 12.2. The molecule has 1 aromatic carbocycles. The average molecular weight is 473 g/mol. The molecular formula is C24H32N4O6. The summed E-state index contributed by atoms with van der Waals surface area (Å²) < 4.78 is 5.03. The van der Waals surface area contributed by atoms with Gasteiger partial charge in [0.25, 0.3) is 11.8 Å². The number of nitrogens with one attached hydrogen (secondary N) is 3. The molecule has 1 aromatic rings. The van der Waals surface area contributed by atoms with E-state index in [1.165, 1.54) is 0 Å². The predicted octanol–water partition coefficient (Wildman–Crippen LogP) is 2.59. The van der Waals surface area contributed by atoms with E-state index in [4.69, 9.17) is 4.74 Å². The molecule has 0 radical (unpaired) electrons. The maximum Gasteiger partial charge on any atom is 0.407 e. The highest BCUT2D eigenvalue weighted by Crippen LogP contribution is 2.32. The van der Waals surface area contributed by atoms with Gasteiger partial charge < -0.3 is 15.4 Å². The highest BCUT2D eigenvalue weighted by atomic mass is 16.5. The van der Waals surface area contributed by atoms with Crippen molar-refractivity contribution in [2.45, 2.75) is 64.3 Å². The first-order chi connectivity index (χ1) is 16.4. The Morgan fingerprint density at radius 3 is 2.56 bits per heavy atom. The van der Waals surface area contributed by atoms with Crippen molar-refractivity contribution in [3.8, 4) is 0 Å². The van der Waals surface area contributed by atoms with E-state index in [2.05, 4.69) is 16.0 Å². The number of alkyl carbamates (subject to hydrolysis) is 1. The molecule has 0 aliphatic carbocycles. The molecule has 3 N–H and O–H groups in total. The van der Waals surface area contributed by atoms with Gasteiger partial charge in [0.05, 0.1) is 17.7 Å². The Morgan fingerprint density at radius 2 is 1.82 bits per heavy atom. The summed E-state index contributed by atoms with van der Waals surface area (Å²) in [5, 5.41) is 8.16. The summed E-state index contributed by atoms with van der Waals surface area (Å²) in [4.78, 5) is 62.0. The van der Waals surface area contributed by atoms with Crippen molar-refractivity contribution in [3.05, 3.63) is 29.3 Å². The van der Waals surface area contributed by atoms with E-state index < -0.39 is 29.7 Å². The van der Waals surface area contributed by atoms with Gasteiger partial charge in [-0.3, -0.25) is 29.4 Å². The zero-order valence-corrected chi connectivity index (χ0v) is 19.5. The van der Waals surface area contributed by atoms with Crippen molar-refractivity contribution < 1.29 is 28.7 Å². The smallest absolute Gasteiger partial charge is 0.407 e. The molecule has 10 heteroatoms. The van der Waals surface area contributed by atoms with Crippen LogP contribution >= 0.6 is 0 Å². The van der Waals surface area contributed by atoms with Gasteiger partial charge in [-0.2, -0.15) is 0 Å². The first-order valence-electron chi connectivity index (χ1n) is 11.9. The van der Waals surface area contributed by atoms with Gasteiger partial charge >= 0.3 is 6.09 Å². The van der Waals surface area contributed by atoms with Crippen LogP contribution in [0.3, 0.4) is 0 Å². The SMILES string of the molecule is CCCCOC(=O)NCCCCCCNc1cccc2c1C(=O)N(C1CCC(=O)NC1=O)C2=O. The number of anilines is 1. The Kier molecular flexibility index (Phi) is 9.00. The van der Waals surface area contributed by atoms with Crippen LogP contribution in [0, 0.1) is 0 Å². The first-order valence-corrected chi connectivity index (χ1v) is 11.9. The van der Waals surface area contributed by atoms with Crippen LogP contribution in [0.2, 0.25) is 0 Å². The van der Waals surface area contributed by atoms with Crippen LogP contribution in [0.1, 0.15) is 79.0 Å². The average Bonchev–Trinajstić information content (AvgIpc) is 3.06. The summed E-state index contributed by atoms with van der Waals surface area (Å²) in [5.74, 6) is -2.06. The fraction of sp³-hybridized carbons (Fsp3) is 0.542. The van der Waals surface area contributed by atoms with E-state index in [1.54, 1.807) is 18.2 Å². The Labute approximate surface area is 198 Å². The molecular weight excluding hydrogens is 440 g/mol. The second-order valence-corrected chi connectivity index (χ2v) is 8.43. The predicted molar refractivity (Wildman–Crippen MR) is 124 cm³/mol. The number of nitrogens with zero attached hydrogens (tertiary/aromatic N) is 1. The molecule has 2 heterocycles. The standard InChI is InChI=1S/C24H32N4O6/c1-2-3-15-34-24(33)26-14-7-5-4-6-13-25-17-10-8-9-16-20(17)23(32)28(22(16)31)18-11-12-19(29)27-21(18)30/h8-10,18,25H,2-7,11-15H2,1H3,(H,26,33)(H,27,29,30). The largest absolute Gasteiger partial charge is 0.450 e. The zero-order valence-electron chi connectivity index (χ0n) is 19.5. The molecule has 1 saturated heterocycles. The summed E-state index contributed by atoms with van der Waals surface area (Å²) in [7, 11) is 0. The number of fused-ring (bicyclic) bond motifs is 1. The minimum Gasteiger partial charge on any atom is -0.450 e. The number of unbranched alkanes of at least 4 members (excludes halogenated alkanes) is 4. The lowest BCUT2D eigenvalue weighted by molar-refractivity contribution is -0.136. The second-order valence-electron chi connectivity index (χ2n) is 8.43.